The van der Waals surface area contributed by atoms with Crippen molar-refractivity contribution in [3.8, 4) is 0 Å². The average molecular weight is 501 g/mol. The molecular formula is C23H21ClN4O7. The number of carbonyl (C=O) groups is 3. The van der Waals surface area contributed by atoms with Crippen molar-refractivity contribution in [2.45, 2.75) is 32.7 Å². The first-order chi connectivity index (χ1) is 16.6. The van der Waals surface area contributed by atoms with Crippen LogP contribution < -0.4 is 0 Å². The molecule has 3 atom stereocenters. The molecular weight excluding hydrogens is 480 g/mol. The van der Waals surface area contributed by atoms with Crippen molar-refractivity contribution in [3.05, 3.63) is 78.8 Å². The molecule has 11 nitrogen and oxygen atoms in total. The van der Waals surface area contributed by atoms with E-state index >= 15 is 0 Å². The summed E-state index contributed by atoms with van der Waals surface area (Å²) >= 11 is 5.90. The number of rotatable bonds is 6. The molecule has 1 saturated carbocycles. The van der Waals surface area contributed by atoms with E-state index in [2.05, 4.69) is 0 Å². The number of benzene rings is 2. The monoisotopic (exact) mass is 500 g/mol. The molecule has 0 aromatic heterocycles. The third kappa shape index (κ3) is 4.46. The molecule has 0 unspecified atom stereocenters. The Kier molecular flexibility index (Phi) is 6.53. The zero-order valence-corrected chi connectivity index (χ0v) is 19.4. The Bertz CT molecular complexity index is 1250. The van der Waals surface area contributed by atoms with Crippen molar-refractivity contribution in [2.24, 2.45) is 17.8 Å². The molecule has 0 radical (unpaired) electrons. The molecule has 12 heteroatoms. The molecule has 2 aliphatic rings. The highest BCUT2D eigenvalue weighted by molar-refractivity contribution is 6.30. The molecule has 4 rings (SSSR count). The Morgan fingerprint density at radius 1 is 1.03 bits per heavy atom. The van der Waals surface area contributed by atoms with E-state index < -0.39 is 57.3 Å². The van der Waals surface area contributed by atoms with Gasteiger partial charge in [0.15, 0.2) is 0 Å². The Labute approximate surface area is 204 Å². The fourth-order valence-electron chi connectivity index (χ4n) is 4.80. The smallest absolute Gasteiger partial charge is 0.272 e. The van der Waals surface area contributed by atoms with Gasteiger partial charge in [0, 0.05) is 17.2 Å². The minimum absolute atomic E-state index is 0.00942. The number of nitro benzene ring substituents is 2. The molecule has 2 fully saturated rings. The van der Waals surface area contributed by atoms with Crippen LogP contribution in [0.3, 0.4) is 0 Å². The molecule has 0 spiro atoms. The van der Waals surface area contributed by atoms with Crippen LogP contribution in [-0.4, -0.2) is 37.6 Å². The highest BCUT2D eigenvalue weighted by Gasteiger charge is 2.53. The fraction of sp³-hybridized carbons (Fsp3) is 0.348. The van der Waals surface area contributed by atoms with Crippen LogP contribution in [-0.2, 0) is 16.1 Å². The van der Waals surface area contributed by atoms with Crippen LogP contribution in [0, 0.1) is 38.0 Å². The molecule has 2 aromatic rings. The summed E-state index contributed by atoms with van der Waals surface area (Å²) < 4.78 is 0. The van der Waals surface area contributed by atoms with Crippen molar-refractivity contribution in [3.63, 3.8) is 0 Å². The molecule has 35 heavy (non-hydrogen) atoms. The van der Waals surface area contributed by atoms with Gasteiger partial charge >= 0.3 is 0 Å². The van der Waals surface area contributed by atoms with E-state index in [9.17, 15) is 34.6 Å². The van der Waals surface area contributed by atoms with Crippen LogP contribution in [0.4, 0.5) is 11.4 Å². The molecule has 1 saturated heterocycles. The van der Waals surface area contributed by atoms with E-state index in [1.54, 1.807) is 0 Å². The van der Waals surface area contributed by atoms with Gasteiger partial charge in [0.2, 0.25) is 0 Å². The lowest BCUT2D eigenvalue weighted by Gasteiger charge is -2.30. The molecule has 0 bridgehead atoms. The summed E-state index contributed by atoms with van der Waals surface area (Å²) in [5.41, 5.74) is -1.27. The summed E-state index contributed by atoms with van der Waals surface area (Å²) in [6.45, 7) is 1.44. The predicted octanol–water partition coefficient (Wildman–Crippen LogP) is 4.14. The van der Waals surface area contributed by atoms with Crippen LogP contribution in [0.5, 0.6) is 0 Å². The lowest BCUT2D eigenvalue weighted by Crippen LogP contribution is -2.50. The first-order valence-corrected chi connectivity index (χ1v) is 11.3. The van der Waals surface area contributed by atoms with Crippen LogP contribution in [0.2, 0.25) is 5.02 Å². The van der Waals surface area contributed by atoms with E-state index in [-0.39, 0.29) is 22.1 Å². The first kappa shape index (κ1) is 24.3. The summed E-state index contributed by atoms with van der Waals surface area (Å²) in [7, 11) is 0. The first-order valence-electron chi connectivity index (χ1n) is 11.0. The number of hydrogen-bond donors (Lipinski definition) is 0. The molecule has 0 N–H and O–H groups in total. The molecule has 3 amide bonds. The Balaban J connectivity index is 1.82. The SMILES string of the molecule is C[C@@H]1CC[C@H]2C(=O)N(N(Cc3ccc(Cl)cc3[N+](=O)[O-])C(=O)c3ccccc3[N+](=O)[O-])C(=O)[C@H]2C1. The third-order valence-electron chi connectivity index (χ3n) is 6.54. The van der Waals surface area contributed by atoms with E-state index in [0.717, 1.165) is 28.6 Å². The Morgan fingerprint density at radius 3 is 2.37 bits per heavy atom. The lowest BCUT2D eigenvalue weighted by atomic mass is 9.76. The fourth-order valence-corrected chi connectivity index (χ4v) is 4.96. The maximum atomic E-state index is 13.7. The quantitative estimate of drug-likeness (QED) is 0.329. The maximum absolute atomic E-state index is 13.7. The minimum Gasteiger partial charge on any atom is -0.272 e. The predicted molar refractivity (Wildman–Crippen MR) is 123 cm³/mol. The standard InChI is InChI=1S/C23H21ClN4O7/c1-13-6-9-16-18(10-13)23(31)26(22(16)30)25(12-14-7-8-15(24)11-20(14)28(34)35)21(29)17-4-2-3-5-19(17)27(32)33/h2-5,7-8,11,13,16,18H,6,9-10,12H2,1H3/t13-,16-,18+/m1/s1. The normalized spacial score (nSPS) is 21.5. The zero-order valence-electron chi connectivity index (χ0n) is 18.6. The summed E-state index contributed by atoms with van der Waals surface area (Å²) in [6.07, 6.45) is 1.69. The van der Waals surface area contributed by atoms with Crippen LogP contribution in [0.1, 0.15) is 42.1 Å². The summed E-state index contributed by atoms with van der Waals surface area (Å²) in [5, 5.41) is 24.8. The second-order valence-electron chi connectivity index (χ2n) is 8.79. The van der Waals surface area contributed by atoms with Gasteiger partial charge in [-0.3, -0.25) is 34.6 Å². The topological polar surface area (TPSA) is 144 Å². The van der Waals surface area contributed by atoms with E-state index in [0.29, 0.717) is 12.8 Å². The number of carbonyl (C=O) groups excluding carboxylic acids is 3. The molecule has 182 valence electrons. The van der Waals surface area contributed by atoms with Gasteiger partial charge in [0.05, 0.1) is 33.8 Å². The number of nitrogens with zero attached hydrogens (tertiary/aromatic N) is 4. The van der Waals surface area contributed by atoms with Crippen molar-refractivity contribution in [1.29, 1.82) is 0 Å². The van der Waals surface area contributed by atoms with E-state index in [4.69, 9.17) is 11.6 Å². The Hall–Kier alpha value is -3.86. The maximum Gasteiger partial charge on any atom is 0.282 e. The number of nitro groups is 2. The Morgan fingerprint density at radius 2 is 1.69 bits per heavy atom. The van der Waals surface area contributed by atoms with Gasteiger partial charge in [0.1, 0.15) is 5.56 Å². The summed E-state index contributed by atoms with van der Waals surface area (Å²) in [5.74, 6) is -3.18. The number of para-hydroxylation sites is 1. The molecule has 1 aliphatic carbocycles. The molecule has 2 aromatic carbocycles. The van der Waals surface area contributed by atoms with Gasteiger partial charge < -0.3 is 0 Å². The van der Waals surface area contributed by atoms with Crippen molar-refractivity contribution in [2.75, 3.05) is 0 Å². The second kappa shape index (κ2) is 9.41. The number of amides is 3. The third-order valence-corrected chi connectivity index (χ3v) is 6.77. The van der Waals surface area contributed by atoms with Crippen LogP contribution in [0.25, 0.3) is 0 Å². The van der Waals surface area contributed by atoms with E-state index in [1.807, 2.05) is 6.92 Å². The van der Waals surface area contributed by atoms with Gasteiger partial charge in [-0.15, -0.1) is 0 Å². The van der Waals surface area contributed by atoms with Gasteiger partial charge in [-0.2, -0.15) is 5.01 Å². The minimum atomic E-state index is -0.991. The van der Waals surface area contributed by atoms with Crippen molar-refractivity contribution >= 4 is 40.7 Å². The van der Waals surface area contributed by atoms with Gasteiger partial charge in [-0.25, -0.2) is 5.01 Å². The highest BCUT2D eigenvalue weighted by atomic mass is 35.5. The summed E-state index contributed by atoms with van der Waals surface area (Å²) in [6, 6.07) is 8.94. The highest BCUT2D eigenvalue weighted by Crippen LogP contribution is 2.42. The van der Waals surface area contributed by atoms with Crippen LogP contribution >= 0.6 is 11.6 Å². The second-order valence-corrected chi connectivity index (χ2v) is 9.22. The zero-order chi connectivity index (χ0) is 25.4. The average Bonchev–Trinajstić information content (AvgIpc) is 3.06. The molecule has 1 aliphatic heterocycles. The van der Waals surface area contributed by atoms with Gasteiger partial charge in [0.25, 0.3) is 29.1 Å². The summed E-state index contributed by atoms with van der Waals surface area (Å²) in [4.78, 5) is 62.1. The number of halogens is 1. The van der Waals surface area contributed by atoms with Crippen molar-refractivity contribution < 1.29 is 24.2 Å². The largest absolute Gasteiger partial charge is 0.282 e. The molecule has 1 heterocycles. The van der Waals surface area contributed by atoms with Gasteiger partial charge in [-0.05, 0) is 43.4 Å². The number of hydrazine groups is 1. The van der Waals surface area contributed by atoms with Crippen LogP contribution in [0.15, 0.2) is 42.5 Å². The number of hydrogen-bond acceptors (Lipinski definition) is 7. The lowest BCUT2D eigenvalue weighted by molar-refractivity contribution is -0.385. The van der Waals surface area contributed by atoms with Gasteiger partial charge in [-0.1, -0.05) is 30.7 Å². The number of imide groups is 1. The number of fused-ring (bicyclic) bond motifs is 1. The van der Waals surface area contributed by atoms with E-state index in [1.165, 1.54) is 30.3 Å². The van der Waals surface area contributed by atoms with Crippen molar-refractivity contribution in [1.82, 2.24) is 10.0 Å².